The van der Waals surface area contributed by atoms with Gasteiger partial charge < -0.3 is 5.32 Å². The molecule has 0 fully saturated rings. The van der Waals surface area contributed by atoms with Crippen LogP contribution in [0.2, 0.25) is 5.02 Å². The van der Waals surface area contributed by atoms with Gasteiger partial charge in [-0.25, -0.2) is 0 Å². The lowest BCUT2D eigenvalue weighted by Gasteiger charge is -2.02. The Morgan fingerprint density at radius 1 is 1.45 bits per heavy atom. The molecule has 0 aliphatic heterocycles. The molecule has 0 saturated carbocycles. The maximum atomic E-state index is 10.6. The van der Waals surface area contributed by atoms with Crippen molar-refractivity contribution in [3.05, 3.63) is 29.3 Å². The first-order valence-electron chi connectivity index (χ1n) is 3.22. The van der Waals surface area contributed by atoms with Crippen LogP contribution in [-0.2, 0) is 4.79 Å². The fourth-order valence-electron chi connectivity index (χ4n) is 0.752. The topological polar surface area (TPSA) is 29.1 Å². The van der Waals surface area contributed by atoms with Gasteiger partial charge in [0.1, 0.15) is 0 Å². The van der Waals surface area contributed by atoms with Gasteiger partial charge in [-0.3, -0.25) is 4.79 Å². The lowest BCUT2D eigenvalue weighted by atomic mass is 10.3. The number of anilines is 1. The number of carbonyl (C=O) groups excluding carboxylic acids is 1. The number of para-hydroxylation sites is 1. The molecule has 0 atom stereocenters. The minimum atomic E-state index is -0.113. The zero-order chi connectivity index (χ0) is 8.27. The molecule has 1 aromatic rings. The van der Waals surface area contributed by atoms with Gasteiger partial charge in [-0.2, -0.15) is 0 Å². The van der Waals surface area contributed by atoms with Gasteiger partial charge in [-0.05, 0) is 12.1 Å². The van der Waals surface area contributed by atoms with Gasteiger partial charge in [0.05, 0.1) is 10.7 Å². The van der Waals surface area contributed by atoms with E-state index in [4.69, 9.17) is 11.6 Å². The normalized spacial score (nSPS) is 9.27. The van der Waals surface area contributed by atoms with Gasteiger partial charge in [0, 0.05) is 6.92 Å². The number of carbonyl (C=O) groups is 1. The Bertz CT molecular complexity index is 273. The smallest absolute Gasteiger partial charge is 0.221 e. The second kappa shape index (κ2) is 3.39. The molecule has 0 unspecified atom stereocenters. The standard InChI is InChI=1S/C8H8ClNO/c1-6(11)10-8-5-3-2-4-7(8)9/h2-5H,1H3,(H,10,11)/i6+1. The predicted octanol–water partition coefficient (Wildman–Crippen LogP) is 2.30. The SMILES string of the molecule is C[13C](=O)Nc1ccccc1Cl. The molecule has 1 amide bonds. The van der Waals surface area contributed by atoms with Crippen molar-refractivity contribution in [3.8, 4) is 0 Å². The Kier molecular flexibility index (Phi) is 2.49. The van der Waals surface area contributed by atoms with Crippen molar-refractivity contribution in [1.29, 1.82) is 0 Å². The van der Waals surface area contributed by atoms with Gasteiger partial charge in [-0.15, -0.1) is 0 Å². The molecular weight excluding hydrogens is 163 g/mol. The number of benzene rings is 1. The molecule has 58 valence electrons. The van der Waals surface area contributed by atoms with Crippen molar-refractivity contribution in [3.63, 3.8) is 0 Å². The van der Waals surface area contributed by atoms with Crippen LogP contribution in [0, 0.1) is 0 Å². The zero-order valence-electron chi connectivity index (χ0n) is 6.10. The van der Waals surface area contributed by atoms with Crippen LogP contribution in [0.4, 0.5) is 5.69 Å². The average Bonchev–Trinajstić information content (AvgIpc) is 1.93. The summed E-state index contributed by atoms with van der Waals surface area (Å²) in [5, 5.41) is 3.16. The van der Waals surface area contributed by atoms with Crippen LogP contribution >= 0.6 is 11.6 Å². The molecule has 1 aromatic carbocycles. The summed E-state index contributed by atoms with van der Waals surface area (Å²) in [4.78, 5) is 10.6. The lowest BCUT2D eigenvalue weighted by molar-refractivity contribution is -0.114. The van der Waals surface area contributed by atoms with Crippen LogP contribution in [0.3, 0.4) is 0 Å². The van der Waals surface area contributed by atoms with Crippen LogP contribution < -0.4 is 5.32 Å². The quantitative estimate of drug-likeness (QED) is 0.644. The third-order valence-electron chi connectivity index (χ3n) is 1.18. The zero-order valence-corrected chi connectivity index (χ0v) is 6.85. The highest BCUT2D eigenvalue weighted by molar-refractivity contribution is 6.33. The maximum Gasteiger partial charge on any atom is 0.221 e. The number of amides is 1. The third-order valence-corrected chi connectivity index (χ3v) is 1.51. The summed E-state index contributed by atoms with van der Waals surface area (Å²) in [6.07, 6.45) is 0. The number of nitrogens with one attached hydrogen (secondary N) is 1. The molecule has 0 saturated heterocycles. The molecule has 11 heavy (non-hydrogen) atoms. The Morgan fingerprint density at radius 2 is 2.09 bits per heavy atom. The van der Waals surface area contributed by atoms with E-state index in [1.54, 1.807) is 12.1 Å². The van der Waals surface area contributed by atoms with Crippen LogP contribution in [0.25, 0.3) is 0 Å². The first-order chi connectivity index (χ1) is 5.20. The highest BCUT2D eigenvalue weighted by Gasteiger charge is 1.98. The summed E-state index contributed by atoms with van der Waals surface area (Å²) < 4.78 is 0. The Morgan fingerprint density at radius 3 is 2.64 bits per heavy atom. The Balaban J connectivity index is 2.86. The van der Waals surface area contributed by atoms with Crippen LogP contribution in [-0.4, -0.2) is 5.91 Å². The van der Waals surface area contributed by atoms with Gasteiger partial charge in [-0.1, -0.05) is 23.7 Å². The molecule has 1 N–H and O–H groups in total. The van der Waals surface area contributed by atoms with E-state index in [0.29, 0.717) is 10.7 Å². The highest BCUT2D eigenvalue weighted by Crippen LogP contribution is 2.19. The Labute approximate surface area is 70.2 Å². The fraction of sp³-hybridized carbons (Fsp3) is 0.125. The molecule has 1 rings (SSSR count). The van der Waals surface area contributed by atoms with Crippen molar-refractivity contribution in [1.82, 2.24) is 0 Å². The first kappa shape index (κ1) is 8.08. The number of rotatable bonds is 1. The first-order valence-corrected chi connectivity index (χ1v) is 3.60. The van der Waals surface area contributed by atoms with Crippen molar-refractivity contribution in [2.45, 2.75) is 6.92 Å². The maximum absolute atomic E-state index is 10.6. The molecule has 2 nitrogen and oxygen atoms in total. The van der Waals surface area contributed by atoms with E-state index in [1.807, 2.05) is 12.1 Å². The number of hydrogen-bond donors (Lipinski definition) is 1. The highest BCUT2D eigenvalue weighted by atomic mass is 35.5. The van der Waals surface area contributed by atoms with Crippen molar-refractivity contribution < 1.29 is 4.79 Å². The summed E-state index contributed by atoms with van der Waals surface area (Å²) in [5.41, 5.74) is 0.654. The second-order valence-corrected chi connectivity index (χ2v) is 2.57. The van der Waals surface area contributed by atoms with Crippen LogP contribution in [0.15, 0.2) is 24.3 Å². The lowest BCUT2D eigenvalue weighted by Crippen LogP contribution is -2.05. The van der Waals surface area contributed by atoms with Crippen LogP contribution in [0.5, 0.6) is 0 Å². The molecule has 0 aliphatic rings. The second-order valence-electron chi connectivity index (χ2n) is 2.16. The summed E-state index contributed by atoms with van der Waals surface area (Å²) in [6.45, 7) is 1.45. The van der Waals surface area contributed by atoms with E-state index < -0.39 is 0 Å². The van der Waals surface area contributed by atoms with E-state index in [-0.39, 0.29) is 5.91 Å². The summed E-state index contributed by atoms with van der Waals surface area (Å²) in [6, 6.07) is 7.11. The fourth-order valence-corrected chi connectivity index (χ4v) is 0.935. The summed E-state index contributed by atoms with van der Waals surface area (Å²) in [7, 11) is 0. The van der Waals surface area contributed by atoms with E-state index in [9.17, 15) is 4.79 Å². The van der Waals surface area contributed by atoms with Crippen molar-refractivity contribution >= 4 is 23.2 Å². The molecule has 0 aliphatic carbocycles. The van der Waals surface area contributed by atoms with Gasteiger partial charge >= 0.3 is 0 Å². The van der Waals surface area contributed by atoms with Gasteiger partial charge in [0.15, 0.2) is 0 Å². The van der Waals surface area contributed by atoms with Crippen molar-refractivity contribution in [2.24, 2.45) is 0 Å². The number of hydrogen-bond acceptors (Lipinski definition) is 1. The molecule has 3 heteroatoms. The predicted molar refractivity (Wildman–Crippen MR) is 45.8 cm³/mol. The van der Waals surface area contributed by atoms with E-state index in [0.717, 1.165) is 0 Å². The monoisotopic (exact) mass is 170 g/mol. The molecular formula is C8H8ClNO. The van der Waals surface area contributed by atoms with Crippen molar-refractivity contribution in [2.75, 3.05) is 5.32 Å². The van der Waals surface area contributed by atoms with Gasteiger partial charge in [0.2, 0.25) is 5.91 Å². The Hall–Kier alpha value is -1.02. The molecule has 0 radical (unpaired) electrons. The summed E-state index contributed by atoms with van der Waals surface area (Å²) >= 11 is 5.75. The average molecular weight is 171 g/mol. The van der Waals surface area contributed by atoms with E-state index in [1.165, 1.54) is 6.92 Å². The molecule has 0 bridgehead atoms. The minimum Gasteiger partial charge on any atom is -0.325 e. The summed E-state index contributed by atoms with van der Waals surface area (Å²) in [5.74, 6) is -0.113. The molecule has 0 spiro atoms. The van der Waals surface area contributed by atoms with E-state index >= 15 is 0 Å². The van der Waals surface area contributed by atoms with E-state index in [2.05, 4.69) is 5.32 Å². The minimum absolute atomic E-state index is 0.113. The van der Waals surface area contributed by atoms with Gasteiger partial charge in [0.25, 0.3) is 0 Å². The molecule has 0 heterocycles. The third kappa shape index (κ3) is 2.24. The largest absolute Gasteiger partial charge is 0.325 e. The van der Waals surface area contributed by atoms with Crippen LogP contribution in [0.1, 0.15) is 6.92 Å². The number of halogens is 1. The molecule has 0 aromatic heterocycles.